The molecule has 10 nitrogen and oxygen atoms in total. The van der Waals surface area contributed by atoms with Crippen molar-refractivity contribution in [1.29, 1.82) is 0 Å². The zero-order valence-corrected chi connectivity index (χ0v) is 17.6. The molecule has 2 aromatic heterocycles. The molecule has 0 radical (unpaired) electrons. The Morgan fingerprint density at radius 2 is 1.81 bits per heavy atom. The summed E-state index contributed by atoms with van der Waals surface area (Å²) in [6.07, 6.45) is 3.01. The van der Waals surface area contributed by atoms with Crippen LogP contribution in [0.25, 0.3) is 11.7 Å². The van der Waals surface area contributed by atoms with Gasteiger partial charge in [-0.05, 0) is 25.0 Å². The van der Waals surface area contributed by atoms with E-state index in [1.165, 1.54) is 21.3 Å². The Bertz CT molecular complexity index is 999. The third kappa shape index (κ3) is 4.27. The second kappa shape index (κ2) is 8.99. The van der Waals surface area contributed by atoms with Crippen LogP contribution in [0.4, 0.5) is 10.5 Å². The van der Waals surface area contributed by atoms with E-state index in [1.807, 2.05) is 0 Å². The molecule has 0 bridgehead atoms. The number of piperidine rings is 1. The average Bonchev–Trinajstić information content (AvgIpc) is 3.50. The molecular weight excluding hydrogens is 404 g/mol. The summed E-state index contributed by atoms with van der Waals surface area (Å²) in [7, 11) is 4.59. The quantitative estimate of drug-likeness (QED) is 0.631. The van der Waals surface area contributed by atoms with Gasteiger partial charge in [0.1, 0.15) is 0 Å². The van der Waals surface area contributed by atoms with Gasteiger partial charge in [-0.15, -0.1) is 10.2 Å². The van der Waals surface area contributed by atoms with E-state index in [2.05, 4.69) is 15.5 Å². The van der Waals surface area contributed by atoms with E-state index in [0.717, 1.165) is 12.8 Å². The molecular formula is C21H24N4O6. The monoisotopic (exact) mass is 428 g/mol. The first kappa shape index (κ1) is 20.6. The number of furan rings is 1. The number of carbonyl (C=O) groups is 1. The van der Waals surface area contributed by atoms with Crippen molar-refractivity contribution in [2.24, 2.45) is 0 Å². The van der Waals surface area contributed by atoms with Crippen LogP contribution >= 0.6 is 0 Å². The molecule has 1 saturated heterocycles. The number of urea groups is 1. The summed E-state index contributed by atoms with van der Waals surface area (Å²) >= 11 is 0. The molecule has 1 fully saturated rings. The number of rotatable bonds is 6. The van der Waals surface area contributed by atoms with E-state index in [-0.39, 0.29) is 11.9 Å². The molecule has 0 atom stereocenters. The maximum absolute atomic E-state index is 12.8. The summed E-state index contributed by atoms with van der Waals surface area (Å²) in [4.78, 5) is 14.5. The van der Waals surface area contributed by atoms with Crippen LogP contribution in [0.2, 0.25) is 0 Å². The number of likely N-dealkylation sites (tertiary alicyclic amines) is 1. The summed E-state index contributed by atoms with van der Waals surface area (Å²) in [5, 5.41) is 11.1. The van der Waals surface area contributed by atoms with Gasteiger partial charge in [0.25, 0.3) is 5.89 Å². The van der Waals surface area contributed by atoms with Crippen molar-refractivity contribution in [2.45, 2.75) is 18.8 Å². The lowest BCUT2D eigenvalue weighted by molar-refractivity contribution is 0.190. The third-order valence-corrected chi connectivity index (χ3v) is 5.22. The number of ether oxygens (including phenoxy) is 3. The number of anilines is 1. The van der Waals surface area contributed by atoms with Crippen LogP contribution in [-0.2, 0) is 0 Å². The van der Waals surface area contributed by atoms with Crippen molar-refractivity contribution in [2.75, 3.05) is 39.7 Å². The fourth-order valence-corrected chi connectivity index (χ4v) is 3.58. The zero-order chi connectivity index (χ0) is 21.8. The van der Waals surface area contributed by atoms with Crippen molar-refractivity contribution >= 4 is 11.7 Å². The first-order valence-electron chi connectivity index (χ1n) is 9.86. The molecule has 0 saturated carbocycles. The van der Waals surface area contributed by atoms with Crippen LogP contribution in [0.15, 0.2) is 39.4 Å². The number of nitrogens with zero attached hydrogens (tertiary/aromatic N) is 3. The average molecular weight is 428 g/mol. The standard InChI is InChI=1S/C21H24N4O6/c1-27-16-11-14(12-17(28-2)18(16)29-3)22-21(26)25-8-6-13(7-9-25)19-23-24-20(31-19)15-5-4-10-30-15/h4-5,10-13H,6-9H2,1-3H3,(H,22,26). The SMILES string of the molecule is COc1cc(NC(=O)N2CCC(c3nnc(-c4ccco4)o3)CC2)cc(OC)c1OC. The Balaban J connectivity index is 1.38. The topological polar surface area (TPSA) is 112 Å². The molecule has 1 aromatic carbocycles. The molecule has 164 valence electrons. The van der Waals surface area contributed by atoms with Gasteiger partial charge in [0.05, 0.1) is 33.3 Å². The number of hydrogen-bond acceptors (Lipinski definition) is 8. The molecule has 1 aliphatic heterocycles. The minimum absolute atomic E-state index is 0.0986. The van der Waals surface area contributed by atoms with Crippen molar-refractivity contribution in [3.63, 3.8) is 0 Å². The largest absolute Gasteiger partial charge is 0.493 e. The second-order valence-corrected chi connectivity index (χ2v) is 7.03. The first-order chi connectivity index (χ1) is 15.1. The van der Waals surface area contributed by atoms with Crippen LogP contribution in [0.1, 0.15) is 24.7 Å². The minimum Gasteiger partial charge on any atom is -0.493 e. The first-order valence-corrected chi connectivity index (χ1v) is 9.86. The molecule has 0 unspecified atom stereocenters. The van der Waals surface area contributed by atoms with Gasteiger partial charge in [0, 0.05) is 31.1 Å². The number of carbonyl (C=O) groups excluding carboxylic acids is 1. The number of methoxy groups -OCH3 is 3. The lowest BCUT2D eigenvalue weighted by Crippen LogP contribution is -2.40. The highest BCUT2D eigenvalue weighted by molar-refractivity contribution is 5.90. The maximum Gasteiger partial charge on any atom is 0.321 e. The molecule has 0 aliphatic carbocycles. The smallest absolute Gasteiger partial charge is 0.321 e. The summed E-state index contributed by atoms with van der Waals surface area (Å²) < 4.78 is 27.0. The molecule has 2 amide bonds. The Morgan fingerprint density at radius 3 is 2.39 bits per heavy atom. The fraction of sp³-hybridized carbons (Fsp3) is 0.381. The van der Waals surface area contributed by atoms with Gasteiger partial charge in [-0.25, -0.2) is 4.79 Å². The highest BCUT2D eigenvalue weighted by Crippen LogP contribution is 2.40. The van der Waals surface area contributed by atoms with Crippen molar-refractivity contribution in [3.05, 3.63) is 36.4 Å². The normalized spacial score (nSPS) is 14.4. The summed E-state index contributed by atoms with van der Waals surface area (Å²) in [6.45, 7) is 1.14. The number of nitrogens with one attached hydrogen (secondary N) is 1. The van der Waals surface area contributed by atoms with E-state index >= 15 is 0 Å². The molecule has 1 aliphatic rings. The molecule has 31 heavy (non-hydrogen) atoms. The number of benzene rings is 1. The van der Waals surface area contributed by atoms with E-state index in [4.69, 9.17) is 23.0 Å². The lowest BCUT2D eigenvalue weighted by atomic mass is 9.97. The third-order valence-electron chi connectivity index (χ3n) is 5.22. The van der Waals surface area contributed by atoms with Crippen molar-refractivity contribution < 1.29 is 27.8 Å². The number of amides is 2. The Hall–Kier alpha value is -3.69. The Labute approximate surface area is 179 Å². The Morgan fingerprint density at radius 1 is 1.10 bits per heavy atom. The van der Waals surface area contributed by atoms with E-state index in [1.54, 1.807) is 35.4 Å². The van der Waals surface area contributed by atoms with E-state index in [0.29, 0.717) is 53.6 Å². The fourth-order valence-electron chi connectivity index (χ4n) is 3.58. The highest BCUT2D eigenvalue weighted by atomic mass is 16.5. The molecule has 0 spiro atoms. The second-order valence-electron chi connectivity index (χ2n) is 7.03. The molecule has 4 rings (SSSR count). The molecule has 3 aromatic rings. The number of aromatic nitrogens is 2. The lowest BCUT2D eigenvalue weighted by Gasteiger charge is -2.30. The van der Waals surface area contributed by atoms with Crippen LogP contribution in [-0.4, -0.2) is 55.5 Å². The molecule has 10 heteroatoms. The minimum atomic E-state index is -0.200. The van der Waals surface area contributed by atoms with Gasteiger partial charge < -0.3 is 33.3 Å². The number of hydrogen-bond donors (Lipinski definition) is 1. The van der Waals surface area contributed by atoms with E-state index < -0.39 is 0 Å². The van der Waals surface area contributed by atoms with Crippen LogP contribution in [0.3, 0.4) is 0 Å². The maximum atomic E-state index is 12.8. The van der Waals surface area contributed by atoms with Gasteiger partial charge in [0.2, 0.25) is 11.6 Å². The van der Waals surface area contributed by atoms with Gasteiger partial charge in [0.15, 0.2) is 17.3 Å². The predicted octanol–water partition coefficient (Wildman–Crippen LogP) is 3.77. The molecule has 3 heterocycles. The predicted molar refractivity (Wildman–Crippen MR) is 111 cm³/mol. The Kier molecular flexibility index (Phi) is 5.96. The summed E-state index contributed by atoms with van der Waals surface area (Å²) in [5.41, 5.74) is 0.557. The molecule has 1 N–H and O–H groups in total. The zero-order valence-electron chi connectivity index (χ0n) is 17.6. The van der Waals surface area contributed by atoms with Crippen LogP contribution in [0, 0.1) is 0 Å². The highest BCUT2D eigenvalue weighted by Gasteiger charge is 2.28. The van der Waals surface area contributed by atoms with Gasteiger partial charge in [-0.2, -0.15) is 0 Å². The van der Waals surface area contributed by atoms with E-state index in [9.17, 15) is 4.79 Å². The van der Waals surface area contributed by atoms with Crippen LogP contribution < -0.4 is 19.5 Å². The van der Waals surface area contributed by atoms with Crippen molar-refractivity contribution in [1.82, 2.24) is 15.1 Å². The van der Waals surface area contributed by atoms with Gasteiger partial charge >= 0.3 is 6.03 Å². The van der Waals surface area contributed by atoms with Gasteiger partial charge in [-0.1, -0.05) is 0 Å². The van der Waals surface area contributed by atoms with Gasteiger partial charge in [-0.3, -0.25) is 0 Å². The van der Waals surface area contributed by atoms with Crippen LogP contribution in [0.5, 0.6) is 17.2 Å². The summed E-state index contributed by atoms with van der Waals surface area (Å²) in [6, 6.07) is 6.73. The summed E-state index contributed by atoms with van der Waals surface area (Å²) in [5.74, 6) is 2.98. The van der Waals surface area contributed by atoms with Crippen molar-refractivity contribution in [3.8, 4) is 28.9 Å².